The molecule has 1 aromatic heterocycles. The lowest BCUT2D eigenvalue weighted by Crippen LogP contribution is -2.49. The van der Waals surface area contributed by atoms with Crippen LogP contribution in [0, 0.1) is 11.3 Å². The molecule has 1 atom stereocenters. The van der Waals surface area contributed by atoms with Crippen molar-refractivity contribution in [3.8, 4) is 17.4 Å². The van der Waals surface area contributed by atoms with Crippen molar-refractivity contribution < 1.29 is 27.5 Å². The van der Waals surface area contributed by atoms with Crippen LogP contribution in [-0.4, -0.2) is 41.8 Å². The van der Waals surface area contributed by atoms with Gasteiger partial charge in [-0.2, -0.15) is 5.26 Å². The van der Waals surface area contributed by atoms with Gasteiger partial charge in [0.25, 0.3) is 0 Å². The Hall–Kier alpha value is -3.65. The van der Waals surface area contributed by atoms with E-state index in [0.29, 0.717) is 10.5 Å². The molecule has 2 aromatic rings. The molecule has 1 aromatic carbocycles. The number of rotatable bonds is 3. The molecule has 1 unspecified atom stereocenters. The first kappa shape index (κ1) is 19.1. The van der Waals surface area contributed by atoms with E-state index in [1.807, 2.05) is 6.07 Å². The molecule has 28 heavy (non-hydrogen) atoms. The highest BCUT2D eigenvalue weighted by Gasteiger charge is 2.42. The topological polar surface area (TPSA) is 154 Å². The number of nitrogens with one attached hydrogen (secondary N) is 1. The number of carbonyl (C=O) groups is 2. The van der Waals surface area contributed by atoms with Gasteiger partial charge in [0.1, 0.15) is 11.7 Å². The molecule has 0 saturated heterocycles. The number of carboxylic acid groups (broad SMARTS) is 1. The maximum Gasteiger partial charge on any atom is 0.416 e. The Balaban J connectivity index is 2.16. The van der Waals surface area contributed by atoms with Crippen molar-refractivity contribution in [1.82, 2.24) is 15.2 Å². The van der Waals surface area contributed by atoms with Crippen molar-refractivity contribution in [2.45, 2.75) is 17.9 Å². The van der Waals surface area contributed by atoms with E-state index in [1.165, 1.54) is 31.2 Å². The molecular formula is C17H14N4O6S. The fourth-order valence-electron chi connectivity index (χ4n) is 2.86. The summed E-state index contributed by atoms with van der Waals surface area (Å²) >= 11 is 0. The van der Waals surface area contributed by atoms with Crippen molar-refractivity contribution in [2.75, 3.05) is 6.26 Å². The van der Waals surface area contributed by atoms with Gasteiger partial charge in [0, 0.05) is 17.5 Å². The van der Waals surface area contributed by atoms with Crippen LogP contribution in [0.4, 0.5) is 9.59 Å². The zero-order valence-electron chi connectivity index (χ0n) is 14.7. The number of carbonyl (C=O) groups excluding carboxylic acids is 1. The molecule has 10 nitrogen and oxygen atoms in total. The van der Waals surface area contributed by atoms with Gasteiger partial charge in [-0.1, -0.05) is 0 Å². The van der Waals surface area contributed by atoms with Gasteiger partial charge in [0.15, 0.2) is 22.0 Å². The molecule has 1 aliphatic heterocycles. The van der Waals surface area contributed by atoms with E-state index in [-0.39, 0.29) is 27.6 Å². The summed E-state index contributed by atoms with van der Waals surface area (Å²) in [6.45, 7) is 1.48. The summed E-state index contributed by atoms with van der Waals surface area (Å²) in [4.78, 5) is 28.4. The minimum atomic E-state index is -3.40. The average molecular weight is 402 g/mol. The lowest BCUT2D eigenvalue weighted by atomic mass is 9.96. The summed E-state index contributed by atoms with van der Waals surface area (Å²) in [5.74, 6) is 0.117. The summed E-state index contributed by atoms with van der Waals surface area (Å²) in [5, 5.41) is 21.3. The largest absolute Gasteiger partial charge is 0.465 e. The van der Waals surface area contributed by atoms with Crippen LogP contribution in [0.5, 0.6) is 0 Å². The normalized spacial score (nSPS) is 17.2. The molecule has 0 fully saturated rings. The first-order valence-electron chi connectivity index (χ1n) is 7.83. The summed E-state index contributed by atoms with van der Waals surface area (Å²) in [6.07, 6.45) is 0.565. The fraction of sp³-hybridized carbons (Fsp3) is 0.176. The number of benzene rings is 1. The van der Waals surface area contributed by atoms with Crippen molar-refractivity contribution in [2.24, 2.45) is 0 Å². The highest BCUT2D eigenvalue weighted by atomic mass is 32.2. The van der Waals surface area contributed by atoms with Gasteiger partial charge in [-0.3, -0.25) is 0 Å². The third kappa shape index (κ3) is 3.21. The molecule has 2 heterocycles. The summed E-state index contributed by atoms with van der Waals surface area (Å²) in [7, 11) is -3.40. The molecule has 144 valence electrons. The average Bonchev–Trinajstić information content (AvgIpc) is 3.09. The number of sulfone groups is 1. The van der Waals surface area contributed by atoms with E-state index in [1.54, 1.807) is 0 Å². The molecule has 2 N–H and O–H groups in total. The molecule has 0 spiro atoms. The Morgan fingerprint density at radius 3 is 2.54 bits per heavy atom. The highest BCUT2D eigenvalue weighted by molar-refractivity contribution is 7.90. The number of allylic oxidation sites excluding steroid dienone is 1. The van der Waals surface area contributed by atoms with Gasteiger partial charge in [-0.25, -0.2) is 27.9 Å². The maximum absolute atomic E-state index is 12.2. The van der Waals surface area contributed by atoms with E-state index in [0.717, 1.165) is 12.6 Å². The van der Waals surface area contributed by atoms with Gasteiger partial charge in [0.2, 0.25) is 0 Å². The Labute approximate surface area is 159 Å². The number of nitriles is 1. The van der Waals surface area contributed by atoms with Crippen LogP contribution >= 0.6 is 0 Å². The fourth-order valence-corrected chi connectivity index (χ4v) is 3.49. The molecule has 1 aliphatic rings. The predicted molar refractivity (Wildman–Crippen MR) is 94.5 cm³/mol. The second-order valence-corrected chi connectivity index (χ2v) is 8.01. The summed E-state index contributed by atoms with van der Waals surface area (Å²) in [6, 6.07) is 5.35. The second-order valence-electron chi connectivity index (χ2n) is 6.00. The third-order valence-electron chi connectivity index (χ3n) is 4.17. The van der Waals surface area contributed by atoms with E-state index < -0.39 is 28.0 Å². The molecule has 0 bridgehead atoms. The monoisotopic (exact) mass is 402 g/mol. The quantitative estimate of drug-likeness (QED) is 0.792. The van der Waals surface area contributed by atoms with E-state index in [2.05, 4.69) is 10.3 Å². The smallest absolute Gasteiger partial charge is 0.416 e. The van der Waals surface area contributed by atoms with Crippen LogP contribution in [0.15, 0.2) is 51.2 Å². The molecule has 0 radical (unpaired) electrons. The van der Waals surface area contributed by atoms with Crippen molar-refractivity contribution in [1.29, 1.82) is 5.26 Å². The number of nitrogens with zero attached hydrogens (tertiary/aromatic N) is 3. The third-order valence-corrected chi connectivity index (χ3v) is 5.30. The zero-order chi connectivity index (χ0) is 20.6. The lowest BCUT2D eigenvalue weighted by molar-refractivity contribution is 0.135. The number of amides is 3. The van der Waals surface area contributed by atoms with Gasteiger partial charge in [0.05, 0.1) is 16.5 Å². The van der Waals surface area contributed by atoms with Crippen LogP contribution in [0.25, 0.3) is 11.3 Å². The Morgan fingerprint density at radius 2 is 2.00 bits per heavy atom. The number of imide groups is 1. The first-order valence-corrected chi connectivity index (χ1v) is 9.72. The summed E-state index contributed by atoms with van der Waals surface area (Å²) in [5.41, 5.74) is 0.646. The molecule has 11 heteroatoms. The van der Waals surface area contributed by atoms with Crippen molar-refractivity contribution >= 4 is 22.0 Å². The van der Waals surface area contributed by atoms with Crippen LogP contribution < -0.4 is 5.32 Å². The van der Waals surface area contributed by atoms with Crippen molar-refractivity contribution in [3.63, 3.8) is 0 Å². The van der Waals surface area contributed by atoms with Crippen LogP contribution in [0.1, 0.15) is 18.7 Å². The van der Waals surface area contributed by atoms with Crippen LogP contribution in [0.3, 0.4) is 0 Å². The van der Waals surface area contributed by atoms with Crippen molar-refractivity contribution in [3.05, 3.63) is 47.6 Å². The first-order chi connectivity index (χ1) is 13.1. The highest BCUT2D eigenvalue weighted by Crippen LogP contribution is 2.38. The van der Waals surface area contributed by atoms with E-state index in [4.69, 9.17) is 4.42 Å². The van der Waals surface area contributed by atoms with Crippen LogP contribution in [0.2, 0.25) is 0 Å². The molecule has 0 saturated carbocycles. The summed E-state index contributed by atoms with van der Waals surface area (Å²) < 4.78 is 28.6. The van der Waals surface area contributed by atoms with Gasteiger partial charge in [-0.05, 0) is 31.2 Å². The number of hydrogen-bond acceptors (Lipinski definition) is 7. The van der Waals surface area contributed by atoms with E-state index >= 15 is 0 Å². The Morgan fingerprint density at radius 1 is 1.36 bits per heavy atom. The van der Waals surface area contributed by atoms with Gasteiger partial charge >= 0.3 is 12.1 Å². The number of oxazole rings is 1. The molecule has 0 aliphatic carbocycles. The molecule has 3 rings (SSSR count). The minimum Gasteiger partial charge on any atom is -0.465 e. The van der Waals surface area contributed by atoms with Gasteiger partial charge in [-0.15, -0.1) is 0 Å². The molecular weight excluding hydrogens is 388 g/mol. The number of hydrogen-bond donors (Lipinski definition) is 2. The predicted octanol–water partition coefficient (Wildman–Crippen LogP) is 2.29. The van der Waals surface area contributed by atoms with Crippen LogP contribution in [-0.2, 0) is 9.84 Å². The van der Waals surface area contributed by atoms with E-state index in [9.17, 15) is 28.4 Å². The number of aromatic nitrogens is 1. The van der Waals surface area contributed by atoms with Gasteiger partial charge < -0.3 is 14.8 Å². The Kier molecular flexibility index (Phi) is 4.66. The Bertz CT molecular complexity index is 1140. The zero-order valence-corrected chi connectivity index (χ0v) is 15.5. The lowest BCUT2D eigenvalue weighted by Gasteiger charge is -2.31. The standard InChI is InChI=1S/C17H14N4O6S/c1-9-12(7-18)14(21(17(23)24)16(22)20-9)13-15(27-8-19-13)10-3-5-11(6-4-10)28(2,25)26/h3-6,8,14H,1-2H3,(H,20,22)(H,23,24). The number of urea groups is 1. The molecule has 3 amide bonds. The maximum atomic E-state index is 12.2. The SMILES string of the molecule is CC1=C(C#N)C(c2ncoc2-c2ccc(S(C)(=O)=O)cc2)N(C(=O)O)C(=O)N1. The second kappa shape index (κ2) is 6.82. The minimum absolute atomic E-state index is 0.00935.